The fraction of sp³-hybridized carbons (Fsp3) is 0.750. The highest BCUT2D eigenvalue weighted by Gasteiger charge is 2.40. The van der Waals surface area contributed by atoms with Crippen molar-refractivity contribution in [3.63, 3.8) is 0 Å². The highest BCUT2D eigenvalue weighted by atomic mass is 32.2. The molecule has 0 amide bonds. The first-order valence-electron chi connectivity index (χ1n) is 4.77. The Labute approximate surface area is 137 Å². The Balaban J connectivity index is 5.22. The lowest BCUT2D eigenvalue weighted by Gasteiger charge is -2.37. The molecule has 0 spiro atoms. The second-order valence-electron chi connectivity index (χ2n) is 3.03. The molecule has 0 aromatic heterocycles. The summed E-state index contributed by atoms with van der Waals surface area (Å²) in [5.74, 6) is 0. The quantitative estimate of drug-likeness (QED) is 0.519. The molecule has 0 unspecified atom stereocenters. The van der Waals surface area contributed by atoms with Crippen molar-refractivity contribution in [2.75, 3.05) is 31.6 Å². The second kappa shape index (κ2) is 9.11. The third-order valence-corrected chi connectivity index (χ3v) is 7.48. The van der Waals surface area contributed by atoms with Gasteiger partial charge in [0.1, 0.15) is 15.5 Å². The molecule has 0 saturated heterocycles. The molecule has 0 saturated carbocycles. The van der Waals surface area contributed by atoms with Crippen LogP contribution in [0.2, 0.25) is 0 Å². The molecular weight excluding hydrogens is 345 g/mol. The van der Waals surface area contributed by atoms with Crippen molar-refractivity contribution in [3.8, 4) is 0 Å². The van der Waals surface area contributed by atoms with Gasteiger partial charge in [-0.25, -0.2) is 7.42 Å². The molecule has 0 bridgehead atoms. The van der Waals surface area contributed by atoms with Crippen LogP contribution in [0.1, 0.15) is 0 Å². The van der Waals surface area contributed by atoms with Crippen LogP contribution in [0, 0.1) is 0 Å². The smallest absolute Gasteiger partial charge is 0.134 e. The van der Waals surface area contributed by atoms with Crippen LogP contribution in [0.3, 0.4) is 0 Å². The highest BCUT2D eigenvalue weighted by molar-refractivity contribution is 8.13. The molecule has 4 nitrogen and oxygen atoms in total. The summed E-state index contributed by atoms with van der Waals surface area (Å²) in [6, 6.07) is 0. The third kappa shape index (κ3) is 4.30. The lowest BCUT2D eigenvalue weighted by atomic mass is 10.0. The van der Waals surface area contributed by atoms with Crippen LogP contribution in [0.4, 0.5) is 0 Å². The third-order valence-electron chi connectivity index (χ3n) is 2.08. The molecule has 0 aliphatic rings. The molecular formula is C8H18N4S6. The fourth-order valence-corrected chi connectivity index (χ4v) is 4.90. The van der Waals surface area contributed by atoms with E-state index in [1.165, 1.54) is 47.8 Å². The largest absolute Gasteiger partial charge is 0.328 e. The van der Waals surface area contributed by atoms with E-state index in [2.05, 4.69) is 0 Å². The van der Waals surface area contributed by atoms with Gasteiger partial charge in [0.25, 0.3) is 0 Å². The lowest BCUT2D eigenvalue weighted by Crippen LogP contribution is -2.63. The Morgan fingerprint density at radius 2 is 1.22 bits per heavy atom. The van der Waals surface area contributed by atoms with E-state index in [1.54, 1.807) is 0 Å². The number of thiocarbonyl (C=S) groups is 2. The predicted octanol–water partition coefficient (Wildman–Crippen LogP) is 2.01. The van der Waals surface area contributed by atoms with Crippen molar-refractivity contribution in [2.24, 2.45) is 11.5 Å². The van der Waals surface area contributed by atoms with Crippen molar-refractivity contribution in [1.82, 2.24) is 7.42 Å². The summed E-state index contributed by atoms with van der Waals surface area (Å²) in [4.78, 5) is 1.09. The van der Waals surface area contributed by atoms with Crippen LogP contribution in [0.15, 0.2) is 0 Å². The van der Waals surface area contributed by atoms with Gasteiger partial charge < -0.3 is 11.5 Å². The highest BCUT2D eigenvalue weighted by Crippen LogP contribution is 2.28. The van der Waals surface area contributed by atoms with E-state index in [0.29, 0.717) is 9.98 Å². The molecule has 0 aliphatic heterocycles. The standard InChI is InChI=1S/C8H18N4S6/c1-15-11(16-2)6(13)8(10,5-9)7(14)12(17-3)18-4/h5,9-10H2,1-4H3. The SMILES string of the molecule is CSN(SC)C(=S)C(N)(CN)C(=S)N(SC)SC. The maximum absolute atomic E-state index is 6.34. The maximum Gasteiger partial charge on any atom is 0.134 e. The zero-order valence-corrected chi connectivity index (χ0v) is 15.6. The molecule has 0 radical (unpaired) electrons. The summed E-state index contributed by atoms with van der Waals surface area (Å²) in [7, 11) is 0. The summed E-state index contributed by atoms with van der Waals surface area (Å²) in [6.45, 7) is 0.180. The van der Waals surface area contributed by atoms with Gasteiger partial charge in [-0.05, 0) is 47.8 Å². The number of rotatable bonds is 7. The van der Waals surface area contributed by atoms with Gasteiger partial charge in [0.05, 0.1) is 0 Å². The molecule has 0 aromatic rings. The van der Waals surface area contributed by atoms with Crippen LogP contribution in [0.5, 0.6) is 0 Å². The van der Waals surface area contributed by atoms with Gasteiger partial charge in [0.2, 0.25) is 0 Å². The first-order valence-corrected chi connectivity index (χ1v) is 10.3. The average molecular weight is 363 g/mol. The fourth-order valence-electron chi connectivity index (χ4n) is 1.07. The Hall–Kier alpha value is 1.10. The Morgan fingerprint density at radius 1 is 0.944 bits per heavy atom. The van der Waals surface area contributed by atoms with Gasteiger partial charge in [-0.2, -0.15) is 0 Å². The van der Waals surface area contributed by atoms with Crippen LogP contribution in [0.25, 0.3) is 0 Å². The first-order chi connectivity index (χ1) is 8.42. The monoisotopic (exact) mass is 362 g/mol. The molecule has 0 atom stereocenters. The molecule has 0 aromatic carbocycles. The minimum atomic E-state index is -0.983. The van der Waals surface area contributed by atoms with E-state index in [-0.39, 0.29) is 6.54 Å². The molecule has 0 heterocycles. The lowest BCUT2D eigenvalue weighted by molar-refractivity contribution is 0.709. The Kier molecular flexibility index (Phi) is 9.67. The number of nitrogens with zero attached hydrogens (tertiary/aromatic N) is 2. The van der Waals surface area contributed by atoms with Gasteiger partial charge in [0.15, 0.2) is 0 Å². The first kappa shape index (κ1) is 19.1. The van der Waals surface area contributed by atoms with E-state index in [4.69, 9.17) is 35.9 Å². The van der Waals surface area contributed by atoms with Gasteiger partial charge in [-0.15, -0.1) is 0 Å². The maximum atomic E-state index is 6.34. The minimum Gasteiger partial charge on any atom is -0.328 e. The van der Waals surface area contributed by atoms with Crippen molar-refractivity contribution in [1.29, 1.82) is 0 Å². The van der Waals surface area contributed by atoms with E-state index < -0.39 is 5.54 Å². The summed E-state index contributed by atoms with van der Waals surface area (Å²) in [5, 5.41) is 0. The van der Waals surface area contributed by atoms with E-state index in [9.17, 15) is 0 Å². The van der Waals surface area contributed by atoms with Crippen LogP contribution >= 0.6 is 72.2 Å². The van der Waals surface area contributed by atoms with Crippen LogP contribution in [-0.2, 0) is 0 Å². The molecule has 10 heteroatoms. The molecule has 0 aliphatic carbocycles. The molecule has 0 fully saturated rings. The van der Waals surface area contributed by atoms with Crippen molar-refractivity contribution in [2.45, 2.75) is 5.54 Å². The van der Waals surface area contributed by atoms with Gasteiger partial charge >= 0.3 is 0 Å². The topological polar surface area (TPSA) is 58.5 Å². The Bertz CT molecular complexity index is 267. The molecule has 4 N–H and O–H groups in total. The second-order valence-corrected chi connectivity index (χ2v) is 7.19. The predicted molar refractivity (Wildman–Crippen MR) is 98.9 cm³/mol. The van der Waals surface area contributed by atoms with E-state index >= 15 is 0 Å². The molecule has 0 rings (SSSR count). The summed E-state index contributed by atoms with van der Waals surface area (Å²) in [5.41, 5.74) is 11.2. The zero-order chi connectivity index (χ0) is 14.3. The van der Waals surface area contributed by atoms with Gasteiger partial charge in [-0.1, -0.05) is 24.4 Å². The van der Waals surface area contributed by atoms with Crippen molar-refractivity contribution in [3.05, 3.63) is 0 Å². The van der Waals surface area contributed by atoms with Gasteiger partial charge in [-0.3, -0.25) is 0 Å². The zero-order valence-electron chi connectivity index (χ0n) is 10.7. The summed E-state index contributed by atoms with van der Waals surface area (Å²) < 4.78 is 3.71. The summed E-state index contributed by atoms with van der Waals surface area (Å²) in [6.07, 6.45) is 7.74. The van der Waals surface area contributed by atoms with E-state index in [1.807, 2.05) is 32.4 Å². The number of nitrogens with two attached hydrogens (primary N) is 2. The van der Waals surface area contributed by atoms with Crippen LogP contribution < -0.4 is 11.5 Å². The normalized spacial score (nSPS) is 11.2. The Morgan fingerprint density at radius 3 is 1.39 bits per heavy atom. The van der Waals surface area contributed by atoms with E-state index in [0.717, 1.165) is 0 Å². The van der Waals surface area contributed by atoms with Crippen LogP contribution in [-0.4, -0.2) is 54.5 Å². The molecule has 18 heavy (non-hydrogen) atoms. The average Bonchev–Trinajstić information content (AvgIpc) is 2.40. The van der Waals surface area contributed by atoms with Crippen molar-refractivity contribution >= 4 is 82.2 Å². The summed E-state index contributed by atoms with van der Waals surface area (Å²) >= 11 is 16.9. The van der Waals surface area contributed by atoms with Crippen molar-refractivity contribution < 1.29 is 0 Å². The molecule has 106 valence electrons. The minimum absolute atomic E-state index is 0.180. The number of hydrogen-bond donors (Lipinski definition) is 2. The number of hydrogen-bond acceptors (Lipinski definition) is 8. The van der Waals surface area contributed by atoms with Gasteiger partial charge in [0, 0.05) is 31.6 Å².